The van der Waals surface area contributed by atoms with Crippen molar-refractivity contribution in [3.05, 3.63) is 24.3 Å². The summed E-state index contributed by atoms with van der Waals surface area (Å²) in [5.74, 6) is 0.279. The third kappa shape index (κ3) is 4.81. The van der Waals surface area contributed by atoms with Gasteiger partial charge in [0.15, 0.2) is 5.60 Å². The van der Waals surface area contributed by atoms with Gasteiger partial charge in [-0.3, -0.25) is 0 Å². The molecule has 1 N–H and O–H groups in total. The number of carbonyl (C=O) groups excluding carboxylic acids is 1. The van der Waals surface area contributed by atoms with Gasteiger partial charge in [0, 0.05) is 17.8 Å². The van der Waals surface area contributed by atoms with Crippen molar-refractivity contribution in [1.29, 1.82) is 0 Å². The second-order valence-corrected chi connectivity index (χ2v) is 5.16. The predicted molar refractivity (Wildman–Crippen MR) is 76.5 cm³/mol. The van der Waals surface area contributed by atoms with Gasteiger partial charge in [-0.05, 0) is 46.8 Å². The Labute approximate surface area is 115 Å². The lowest BCUT2D eigenvalue weighted by Crippen LogP contribution is -2.39. The van der Waals surface area contributed by atoms with Crippen molar-refractivity contribution in [3.8, 4) is 5.75 Å². The number of hydrogen-bond donors (Lipinski definition) is 1. The smallest absolute Gasteiger partial charge is 0.349 e. The number of benzene rings is 1. The number of anilines is 1. The van der Waals surface area contributed by atoms with Gasteiger partial charge >= 0.3 is 5.97 Å². The molecule has 0 aliphatic rings. The van der Waals surface area contributed by atoms with E-state index in [4.69, 9.17) is 9.47 Å². The Morgan fingerprint density at radius 1 is 1.37 bits per heavy atom. The highest BCUT2D eigenvalue weighted by Gasteiger charge is 2.31. The van der Waals surface area contributed by atoms with Crippen molar-refractivity contribution in [2.75, 3.05) is 11.9 Å². The monoisotopic (exact) mass is 265 g/mol. The summed E-state index contributed by atoms with van der Waals surface area (Å²) in [6.07, 6.45) is 0. The first kappa shape index (κ1) is 15.3. The van der Waals surface area contributed by atoms with Crippen LogP contribution in [-0.4, -0.2) is 24.2 Å². The fourth-order valence-corrected chi connectivity index (χ4v) is 1.62. The van der Waals surface area contributed by atoms with Gasteiger partial charge in [-0.1, -0.05) is 6.07 Å². The van der Waals surface area contributed by atoms with E-state index in [1.165, 1.54) is 0 Å². The van der Waals surface area contributed by atoms with Crippen molar-refractivity contribution in [3.63, 3.8) is 0 Å². The maximum Gasteiger partial charge on any atom is 0.349 e. The lowest BCUT2D eigenvalue weighted by Gasteiger charge is -2.24. The number of carbonyl (C=O) groups is 1. The molecule has 0 aromatic heterocycles. The number of nitrogens with one attached hydrogen (secondary N) is 1. The summed E-state index contributed by atoms with van der Waals surface area (Å²) in [5, 5.41) is 3.29. The Bertz CT molecular complexity index is 427. The van der Waals surface area contributed by atoms with Crippen LogP contribution in [0.5, 0.6) is 5.75 Å². The standard InChI is InChI=1S/C15H23NO3/c1-6-18-14(17)15(4,5)19-13-9-7-8-12(10-13)16-11(2)3/h7-11,16H,6H2,1-5H3. The number of rotatable bonds is 6. The summed E-state index contributed by atoms with van der Waals surface area (Å²) in [7, 11) is 0. The fourth-order valence-electron chi connectivity index (χ4n) is 1.62. The van der Waals surface area contributed by atoms with Crippen LogP contribution in [0.1, 0.15) is 34.6 Å². The van der Waals surface area contributed by atoms with Crippen molar-refractivity contribution < 1.29 is 14.3 Å². The molecule has 0 bridgehead atoms. The largest absolute Gasteiger partial charge is 0.476 e. The summed E-state index contributed by atoms with van der Waals surface area (Å²) in [4.78, 5) is 11.8. The van der Waals surface area contributed by atoms with Crippen molar-refractivity contribution >= 4 is 11.7 Å². The maximum atomic E-state index is 11.8. The maximum absolute atomic E-state index is 11.8. The van der Waals surface area contributed by atoms with Gasteiger partial charge in [-0.25, -0.2) is 4.79 Å². The quantitative estimate of drug-likeness (QED) is 0.802. The Balaban J connectivity index is 2.78. The van der Waals surface area contributed by atoms with Crippen LogP contribution in [0.25, 0.3) is 0 Å². The second kappa shape index (κ2) is 6.45. The number of esters is 1. The van der Waals surface area contributed by atoms with E-state index in [2.05, 4.69) is 19.2 Å². The molecule has 4 heteroatoms. The van der Waals surface area contributed by atoms with Crippen LogP contribution in [0.15, 0.2) is 24.3 Å². The van der Waals surface area contributed by atoms with E-state index >= 15 is 0 Å². The number of ether oxygens (including phenoxy) is 2. The molecule has 106 valence electrons. The first-order valence-electron chi connectivity index (χ1n) is 6.58. The molecule has 19 heavy (non-hydrogen) atoms. The topological polar surface area (TPSA) is 47.6 Å². The molecule has 0 unspecified atom stereocenters. The predicted octanol–water partition coefficient (Wildman–Crippen LogP) is 3.23. The molecule has 4 nitrogen and oxygen atoms in total. The summed E-state index contributed by atoms with van der Waals surface area (Å²) in [6.45, 7) is 9.66. The van der Waals surface area contributed by atoms with Crippen LogP contribution in [0, 0.1) is 0 Å². The SMILES string of the molecule is CCOC(=O)C(C)(C)Oc1cccc(NC(C)C)c1. The number of hydrogen-bond acceptors (Lipinski definition) is 4. The van der Waals surface area contributed by atoms with Crippen LogP contribution in [-0.2, 0) is 9.53 Å². The van der Waals surface area contributed by atoms with Gasteiger partial charge in [0.1, 0.15) is 5.75 Å². The van der Waals surface area contributed by atoms with Gasteiger partial charge in [0.2, 0.25) is 0 Å². The molecule has 0 spiro atoms. The molecule has 0 saturated heterocycles. The molecular formula is C15H23NO3. The van der Waals surface area contributed by atoms with Gasteiger partial charge in [0.05, 0.1) is 6.61 Å². The van der Waals surface area contributed by atoms with Crippen LogP contribution in [0.3, 0.4) is 0 Å². The Morgan fingerprint density at radius 3 is 2.63 bits per heavy atom. The third-order valence-electron chi connectivity index (χ3n) is 2.43. The van der Waals surface area contributed by atoms with E-state index < -0.39 is 5.60 Å². The lowest BCUT2D eigenvalue weighted by atomic mass is 10.1. The molecule has 1 aromatic rings. The molecule has 1 aromatic carbocycles. The van der Waals surface area contributed by atoms with E-state index in [1.54, 1.807) is 20.8 Å². The normalized spacial score (nSPS) is 11.3. The zero-order valence-electron chi connectivity index (χ0n) is 12.3. The molecule has 0 saturated carbocycles. The average Bonchev–Trinajstić information content (AvgIpc) is 2.28. The van der Waals surface area contributed by atoms with Crippen molar-refractivity contribution in [2.45, 2.75) is 46.3 Å². The molecule has 0 atom stereocenters. The Morgan fingerprint density at radius 2 is 2.05 bits per heavy atom. The van der Waals surface area contributed by atoms with Crippen LogP contribution >= 0.6 is 0 Å². The summed E-state index contributed by atoms with van der Waals surface area (Å²) in [5.41, 5.74) is -0.0286. The van der Waals surface area contributed by atoms with Crippen LogP contribution < -0.4 is 10.1 Å². The van der Waals surface area contributed by atoms with E-state index in [0.717, 1.165) is 5.69 Å². The minimum absolute atomic E-state index is 0.341. The van der Waals surface area contributed by atoms with Gasteiger partial charge in [0.25, 0.3) is 0 Å². The molecular weight excluding hydrogens is 242 g/mol. The molecule has 0 fully saturated rings. The molecule has 0 aliphatic heterocycles. The Kier molecular flexibility index (Phi) is 5.21. The highest BCUT2D eigenvalue weighted by molar-refractivity contribution is 5.79. The molecule has 0 heterocycles. The first-order chi connectivity index (χ1) is 8.85. The van der Waals surface area contributed by atoms with E-state index in [0.29, 0.717) is 18.4 Å². The van der Waals surface area contributed by atoms with Crippen molar-refractivity contribution in [2.24, 2.45) is 0 Å². The molecule has 0 aliphatic carbocycles. The highest BCUT2D eigenvalue weighted by atomic mass is 16.6. The van der Waals surface area contributed by atoms with Gasteiger partial charge < -0.3 is 14.8 Å². The summed E-state index contributed by atoms with van der Waals surface area (Å²) >= 11 is 0. The van der Waals surface area contributed by atoms with E-state index in [-0.39, 0.29) is 5.97 Å². The molecule has 0 amide bonds. The zero-order valence-corrected chi connectivity index (χ0v) is 12.3. The minimum Gasteiger partial charge on any atom is -0.476 e. The first-order valence-corrected chi connectivity index (χ1v) is 6.58. The highest BCUT2D eigenvalue weighted by Crippen LogP contribution is 2.23. The zero-order chi connectivity index (χ0) is 14.5. The van der Waals surface area contributed by atoms with E-state index in [9.17, 15) is 4.79 Å². The second-order valence-electron chi connectivity index (χ2n) is 5.16. The lowest BCUT2D eigenvalue weighted by molar-refractivity contribution is -0.158. The molecule has 0 radical (unpaired) electrons. The average molecular weight is 265 g/mol. The van der Waals surface area contributed by atoms with Crippen molar-refractivity contribution in [1.82, 2.24) is 0 Å². The molecule has 1 rings (SSSR count). The third-order valence-corrected chi connectivity index (χ3v) is 2.43. The van der Waals surface area contributed by atoms with Crippen LogP contribution in [0.4, 0.5) is 5.69 Å². The summed E-state index contributed by atoms with van der Waals surface area (Å²) in [6, 6.07) is 7.90. The fraction of sp³-hybridized carbons (Fsp3) is 0.533. The minimum atomic E-state index is -0.994. The van der Waals surface area contributed by atoms with E-state index in [1.807, 2.05) is 24.3 Å². The van der Waals surface area contributed by atoms with Gasteiger partial charge in [-0.15, -0.1) is 0 Å². The van der Waals surface area contributed by atoms with Gasteiger partial charge in [-0.2, -0.15) is 0 Å². The Hall–Kier alpha value is -1.71. The van der Waals surface area contributed by atoms with Crippen LogP contribution in [0.2, 0.25) is 0 Å². The summed E-state index contributed by atoms with van der Waals surface area (Å²) < 4.78 is 10.7.